The number of hydrogen-bond donors (Lipinski definition) is 6. The fourth-order valence-electron chi connectivity index (χ4n) is 3.94. The van der Waals surface area contributed by atoms with Crippen molar-refractivity contribution in [2.75, 3.05) is 7.11 Å². The van der Waals surface area contributed by atoms with Crippen LogP contribution in [0.3, 0.4) is 0 Å². The molecule has 39 heavy (non-hydrogen) atoms. The number of imidazole rings is 1. The van der Waals surface area contributed by atoms with Crippen molar-refractivity contribution < 1.29 is 40.9 Å². The molecule has 0 spiro atoms. The Hall–Kier alpha value is -4.53. The van der Waals surface area contributed by atoms with E-state index in [2.05, 4.69) is 4.98 Å². The van der Waals surface area contributed by atoms with Gasteiger partial charge in [0.1, 0.15) is 23.4 Å². The number of aryl methyl sites for hydroxylation is 2. The molecular weight excluding hydrogens is 516 g/mol. The van der Waals surface area contributed by atoms with Crippen LogP contribution >= 0.6 is 0 Å². The molecule has 14 heteroatoms. The molecule has 0 fully saturated rings. The van der Waals surface area contributed by atoms with Crippen molar-refractivity contribution in [2.45, 2.75) is 26.1 Å². The van der Waals surface area contributed by atoms with E-state index < -0.39 is 12.2 Å². The molecule has 2 aromatic heterocycles. The summed E-state index contributed by atoms with van der Waals surface area (Å²) in [5.74, 6) is -0.589. The summed E-state index contributed by atoms with van der Waals surface area (Å²) in [4.78, 5) is 27.2. The maximum atomic E-state index is 11.7. The van der Waals surface area contributed by atoms with E-state index in [1.807, 2.05) is 0 Å². The molecule has 0 bridgehead atoms. The number of aliphatic hydroxyl groups excluding tert-OH is 2. The summed E-state index contributed by atoms with van der Waals surface area (Å²) < 4.78 is 9.66. The monoisotopic (exact) mass is 550 g/mol. The lowest BCUT2D eigenvalue weighted by atomic mass is 9.94. The summed E-state index contributed by atoms with van der Waals surface area (Å²) >= 11 is 0. The third-order valence-corrected chi connectivity index (χ3v) is 5.83. The zero-order valence-corrected chi connectivity index (χ0v) is 21.0. The molecule has 2 unspecified atom stereocenters. The normalized spacial score (nSPS) is 15.2. The first-order valence-electron chi connectivity index (χ1n) is 10.9. The molecule has 3 heterocycles. The molecular formula is C25H34N4O10. The molecule has 4 aromatic rings. The lowest BCUT2D eigenvalue weighted by Crippen LogP contribution is -2.37. The number of phenols is 4. The van der Waals surface area contributed by atoms with Crippen LogP contribution in [-0.4, -0.2) is 68.0 Å². The number of hydrogen-bond acceptors (Lipinski definition) is 10. The van der Waals surface area contributed by atoms with Crippen molar-refractivity contribution in [2.24, 2.45) is 21.1 Å². The minimum absolute atomic E-state index is 0. The first-order valence-corrected chi connectivity index (χ1v) is 10.9. The average Bonchev–Trinajstić information content (AvgIpc) is 3.26. The Kier molecular flexibility index (Phi) is 10.7. The van der Waals surface area contributed by atoms with Crippen molar-refractivity contribution in [3.8, 4) is 28.7 Å². The van der Waals surface area contributed by atoms with Crippen LogP contribution in [0.5, 0.6) is 28.7 Å². The van der Waals surface area contributed by atoms with E-state index in [1.54, 1.807) is 18.7 Å². The van der Waals surface area contributed by atoms with E-state index >= 15 is 0 Å². The second-order valence-electron chi connectivity index (χ2n) is 8.23. The van der Waals surface area contributed by atoms with Gasteiger partial charge in [0, 0.05) is 52.4 Å². The van der Waals surface area contributed by atoms with Gasteiger partial charge in [-0.2, -0.15) is 0 Å². The third-order valence-electron chi connectivity index (χ3n) is 5.83. The third kappa shape index (κ3) is 6.14. The SMILES string of the molecule is C.CO.Cn1c(=O)c2c(ncn2C)n(C)c1=O.O.Oc1cc(O)c2c(c1)OC(c1ccc(O)c(O)c1)C(O)C2. The minimum atomic E-state index is -0.933. The largest absolute Gasteiger partial charge is 0.508 e. The molecule has 0 amide bonds. The molecule has 2 atom stereocenters. The molecule has 0 saturated heterocycles. The molecule has 1 aliphatic heterocycles. The first-order chi connectivity index (χ1) is 17.5. The summed E-state index contributed by atoms with van der Waals surface area (Å²) in [5, 5.41) is 55.3. The predicted octanol–water partition coefficient (Wildman–Crippen LogP) is -0.0633. The van der Waals surface area contributed by atoms with Crippen LogP contribution in [0.4, 0.5) is 0 Å². The van der Waals surface area contributed by atoms with E-state index in [0.717, 1.165) is 11.7 Å². The Bertz CT molecular complexity index is 1560. The maximum Gasteiger partial charge on any atom is 0.332 e. The standard InChI is InChI=1S/C15H14O6.C8H10N4O2.CH4O.CH4.H2O/c16-8-4-11(18)9-6-13(20)15(21-14(9)5-8)7-1-2-10(17)12(19)3-7;1-10-4-9-6-5(10)7(13)12(3)8(14)11(6)2;1-2;;/h1-5,13,15-20H,6H2;4H,1-3H3;2H,1H3;1H4;1H2. The smallest absolute Gasteiger partial charge is 0.332 e. The lowest BCUT2D eigenvalue weighted by molar-refractivity contribution is 0.0197. The van der Waals surface area contributed by atoms with Crippen LogP contribution in [0.2, 0.25) is 0 Å². The van der Waals surface area contributed by atoms with Crippen molar-refractivity contribution in [1.82, 2.24) is 18.7 Å². The Labute approximate surface area is 222 Å². The van der Waals surface area contributed by atoms with E-state index in [9.17, 15) is 35.1 Å². The summed E-state index contributed by atoms with van der Waals surface area (Å²) in [6.07, 6.45) is -0.0405. The van der Waals surface area contributed by atoms with Gasteiger partial charge in [-0.3, -0.25) is 13.9 Å². The Morgan fingerprint density at radius 3 is 2.18 bits per heavy atom. The van der Waals surface area contributed by atoms with Gasteiger partial charge in [0.25, 0.3) is 5.56 Å². The first kappa shape index (κ1) is 32.5. The van der Waals surface area contributed by atoms with Crippen molar-refractivity contribution in [1.29, 1.82) is 0 Å². The second-order valence-corrected chi connectivity index (χ2v) is 8.23. The second kappa shape index (κ2) is 12.8. The Morgan fingerprint density at radius 1 is 0.923 bits per heavy atom. The molecule has 14 nitrogen and oxygen atoms in total. The molecule has 1 aliphatic rings. The number of aromatic hydroxyl groups is 4. The topological polar surface area (TPSA) is 224 Å². The van der Waals surface area contributed by atoms with E-state index in [0.29, 0.717) is 22.3 Å². The van der Waals surface area contributed by atoms with Gasteiger partial charge in [-0.25, -0.2) is 9.78 Å². The number of phenolic OH excluding ortho intramolecular Hbond substituents is 4. The quantitative estimate of drug-likeness (QED) is 0.173. The number of ether oxygens (including phenoxy) is 1. The van der Waals surface area contributed by atoms with Gasteiger partial charge >= 0.3 is 5.69 Å². The van der Waals surface area contributed by atoms with Crippen LogP contribution in [0, 0.1) is 0 Å². The summed E-state index contributed by atoms with van der Waals surface area (Å²) in [6, 6.07) is 6.67. The fraction of sp³-hybridized carbons (Fsp3) is 0.320. The molecule has 0 aliphatic carbocycles. The Balaban J connectivity index is 0.000000371. The van der Waals surface area contributed by atoms with Gasteiger partial charge in [0.2, 0.25) is 0 Å². The van der Waals surface area contributed by atoms with Gasteiger partial charge in [-0.15, -0.1) is 0 Å². The summed E-state index contributed by atoms with van der Waals surface area (Å²) in [5.41, 5.74) is 1.07. The molecule has 8 N–H and O–H groups in total. The fourth-order valence-corrected chi connectivity index (χ4v) is 3.94. The van der Waals surface area contributed by atoms with Gasteiger partial charge < -0.3 is 45.4 Å². The number of benzene rings is 2. The predicted molar refractivity (Wildman–Crippen MR) is 142 cm³/mol. The van der Waals surface area contributed by atoms with Crippen molar-refractivity contribution in [3.63, 3.8) is 0 Å². The summed E-state index contributed by atoms with van der Waals surface area (Å²) in [7, 11) is 5.77. The highest BCUT2D eigenvalue weighted by molar-refractivity contribution is 5.69. The molecule has 2 aromatic carbocycles. The number of rotatable bonds is 1. The molecule has 0 radical (unpaired) electrons. The van der Waals surface area contributed by atoms with Gasteiger partial charge in [-0.05, 0) is 17.7 Å². The van der Waals surface area contributed by atoms with Crippen molar-refractivity contribution >= 4 is 11.2 Å². The lowest BCUT2D eigenvalue weighted by Gasteiger charge is -2.31. The van der Waals surface area contributed by atoms with Gasteiger partial charge in [0.05, 0.1) is 12.4 Å². The minimum Gasteiger partial charge on any atom is -0.508 e. The van der Waals surface area contributed by atoms with E-state index in [4.69, 9.17) is 9.84 Å². The van der Waals surface area contributed by atoms with Crippen LogP contribution in [0.1, 0.15) is 24.7 Å². The molecule has 214 valence electrons. The van der Waals surface area contributed by atoms with Crippen LogP contribution in [-0.2, 0) is 27.6 Å². The number of aliphatic hydroxyl groups is 2. The van der Waals surface area contributed by atoms with Gasteiger partial charge in [-0.1, -0.05) is 13.5 Å². The van der Waals surface area contributed by atoms with E-state index in [-0.39, 0.29) is 59.3 Å². The highest BCUT2D eigenvalue weighted by Crippen LogP contribution is 2.42. The summed E-state index contributed by atoms with van der Waals surface area (Å²) in [6.45, 7) is 0. The highest BCUT2D eigenvalue weighted by atomic mass is 16.5. The number of nitrogens with zero attached hydrogens (tertiary/aromatic N) is 4. The number of fused-ring (bicyclic) bond motifs is 2. The molecule has 5 rings (SSSR count). The Morgan fingerprint density at radius 2 is 1.56 bits per heavy atom. The van der Waals surface area contributed by atoms with Crippen LogP contribution < -0.4 is 16.0 Å². The van der Waals surface area contributed by atoms with Crippen LogP contribution in [0.15, 0.2) is 46.2 Å². The highest BCUT2D eigenvalue weighted by Gasteiger charge is 2.32. The zero-order chi connectivity index (χ0) is 27.6. The van der Waals surface area contributed by atoms with Crippen LogP contribution in [0.25, 0.3) is 11.2 Å². The maximum absolute atomic E-state index is 11.7. The van der Waals surface area contributed by atoms with Gasteiger partial charge in [0.15, 0.2) is 22.7 Å². The zero-order valence-electron chi connectivity index (χ0n) is 21.0. The number of aromatic nitrogens is 4. The molecule has 0 saturated carbocycles. The van der Waals surface area contributed by atoms with Crippen molar-refractivity contribution in [3.05, 3.63) is 68.6 Å². The average molecular weight is 551 g/mol. The van der Waals surface area contributed by atoms with E-state index in [1.165, 1.54) is 48.3 Å².